The zero-order valence-electron chi connectivity index (χ0n) is 4.25. The van der Waals surface area contributed by atoms with Crippen molar-refractivity contribution in [2.75, 3.05) is 15.9 Å². The molecule has 0 bridgehead atoms. The van der Waals surface area contributed by atoms with Gasteiger partial charge in [0.25, 0.3) is 0 Å². The van der Waals surface area contributed by atoms with E-state index in [1.165, 1.54) is 4.43 Å². The van der Waals surface area contributed by atoms with Crippen molar-refractivity contribution in [3.05, 3.63) is 0 Å². The molecule has 0 saturated heterocycles. The van der Waals surface area contributed by atoms with E-state index in [1.807, 2.05) is 0 Å². The Morgan fingerprint density at radius 1 is 1.71 bits per heavy atom. The summed E-state index contributed by atoms with van der Waals surface area (Å²) in [6, 6.07) is 0. The van der Waals surface area contributed by atoms with Gasteiger partial charge >= 0.3 is 66.3 Å². The van der Waals surface area contributed by atoms with Crippen LogP contribution < -0.4 is 50.4 Å². The zero-order valence-corrected chi connectivity index (χ0v) is 8.56. The molecule has 0 aliphatic rings. The molecule has 0 rings (SSSR count). The van der Waals surface area contributed by atoms with Crippen LogP contribution in [0.15, 0.2) is 0 Å². The van der Waals surface area contributed by atoms with Crippen LogP contribution in [0.5, 0.6) is 0 Å². The van der Waals surface area contributed by atoms with Crippen LogP contribution in [0.3, 0.4) is 0 Å². The molecule has 0 heterocycles. The molecule has 0 aliphatic heterocycles. The normalized spacial score (nSPS) is 10.6. The molecule has 4 heteroatoms. The fourth-order valence-corrected chi connectivity index (χ4v) is 2.61. The average Bonchev–Trinajstić information content (AvgIpc) is 1.69. The van der Waals surface area contributed by atoms with Gasteiger partial charge in [0.2, 0.25) is 0 Å². The Morgan fingerprint density at radius 3 is 2.86 bits per heavy atom. The summed E-state index contributed by atoms with van der Waals surface area (Å²) in [5.41, 5.74) is 0. The Kier molecular flexibility index (Phi) is 8.83. The van der Waals surface area contributed by atoms with Crippen molar-refractivity contribution in [3.63, 3.8) is 0 Å². The van der Waals surface area contributed by atoms with E-state index < -0.39 is 0 Å². The number of rotatable bonds is 4. The summed E-state index contributed by atoms with van der Waals surface area (Å²) < 4.78 is 9.82. The SMILES string of the molecule is C[I-]CCN[I-]N. The Bertz CT molecular complexity index is 30.1. The van der Waals surface area contributed by atoms with Gasteiger partial charge in [-0.2, -0.15) is 0 Å². The Hall–Kier alpha value is 1.38. The molecular weight excluding hydrogens is 318 g/mol. The third-order valence-corrected chi connectivity index (χ3v) is 3.05. The quantitative estimate of drug-likeness (QED) is 0.233. The summed E-state index contributed by atoms with van der Waals surface area (Å²) in [7, 11) is 0. The van der Waals surface area contributed by atoms with Crippen LogP contribution in [0.4, 0.5) is 0 Å². The monoisotopic (exact) mass is 328 g/mol. The van der Waals surface area contributed by atoms with Crippen LogP contribution in [0.25, 0.3) is 0 Å². The van der Waals surface area contributed by atoms with Gasteiger partial charge in [0.1, 0.15) is 0 Å². The van der Waals surface area contributed by atoms with Crippen molar-refractivity contribution in [2.45, 2.75) is 0 Å². The van der Waals surface area contributed by atoms with Crippen LogP contribution >= 0.6 is 0 Å². The van der Waals surface area contributed by atoms with Gasteiger partial charge in [-0.15, -0.1) is 0 Å². The van der Waals surface area contributed by atoms with Gasteiger partial charge in [0.15, 0.2) is 0 Å². The Balaban J connectivity index is 2.45. The first-order valence-electron chi connectivity index (χ1n) is 1.91. The molecule has 0 aliphatic carbocycles. The minimum absolute atomic E-state index is 0.137. The van der Waals surface area contributed by atoms with Gasteiger partial charge in [-0.25, -0.2) is 0 Å². The molecule has 0 fully saturated rings. The topological polar surface area (TPSA) is 38.0 Å². The number of alkyl halides is 2. The average molecular weight is 328 g/mol. The van der Waals surface area contributed by atoms with Crippen LogP contribution in [-0.2, 0) is 0 Å². The molecule has 0 atom stereocenters. The second-order valence-electron chi connectivity index (χ2n) is 0.949. The Labute approximate surface area is 65.8 Å². The predicted octanol–water partition coefficient (Wildman–Crippen LogP) is -6.83. The van der Waals surface area contributed by atoms with E-state index >= 15 is 0 Å². The summed E-state index contributed by atoms with van der Waals surface area (Å²) in [5, 5.41) is 0. The van der Waals surface area contributed by atoms with Crippen molar-refractivity contribution in [2.24, 2.45) is 3.95 Å². The van der Waals surface area contributed by atoms with Crippen LogP contribution in [0.2, 0.25) is 0 Å². The second kappa shape index (κ2) is 7.38. The van der Waals surface area contributed by atoms with E-state index in [4.69, 9.17) is 3.95 Å². The van der Waals surface area contributed by atoms with Gasteiger partial charge in [0, 0.05) is 0 Å². The molecule has 0 aromatic heterocycles. The molecule has 0 amide bonds. The van der Waals surface area contributed by atoms with Crippen molar-refractivity contribution in [1.29, 1.82) is 0 Å². The number of halogens is 2. The summed E-state index contributed by atoms with van der Waals surface area (Å²) in [6.07, 6.45) is 0. The molecular formula is C3H10I2N2-2. The summed E-state index contributed by atoms with van der Waals surface area (Å²) in [4.78, 5) is 2.29. The molecule has 2 nitrogen and oxygen atoms in total. The number of nitrogens with two attached hydrogens (primary N) is 1. The molecule has 0 aromatic carbocycles. The number of hydrogen-bond acceptors (Lipinski definition) is 2. The molecule has 3 N–H and O–H groups in total. The van der Waals surface area contributed by atoms with E-state index in [0.29, 0.717) is 21.2 Å². The van der Waals surface area contributed by atoms with Gasteiger partial charge in [-0.3, -0.25) is 0 Å². The van der Waals surface area contributed by atoms with Crippen LogP contribution in [0, 0.1) is 0 Å². The molecule has 0 unspecified atom stereocenters. The number of nitrogens with one attached hydrogen (secondary N) is 1. The van der Waals surface area contributed by atoms with Crippen molar-refractivity contribution < 1.29 is 43.0 Å². The van der Waals surface area contributed by atoms with Crippen LogP contribution in [0.1, 0.15) is 0 Å². The first-order valence-corrected chi connectivity index (χ1v) is 7.91. The van der Waals surface area contributed by atoms with Crippen molar-refractivity contribution in [3.8, 4) is 0 Å². The third-order valence-electron chi connectivity index (χ3n) is 0.455. The van der Waals surface area contributed by atoms with Gasteiger partial charge in [-0.1, -0.05) is 0 Å². The third kappa shape index (κ3) is 7.38. The molecule has 0 saturated carbocycles. The minimum atomic E-state index is -0.137. The van der Waals surface area contributed by atoms with E-state index in [1.54, 1.807) is 0 Å². The molecule has 0 radical (unpaired) electrons. The first-order chi connectivity index (χ1) is 3.41. The van der Waals surface area contributed by atoms with E-state index in [2.05, 4.69) is 8.46 Å². The maximum atomic E-state index is 5.28. The molecule has 48 valence electrons. The molecule has 0 aromatic rings. The standard InChI is InChI=1S/C3H10I2N2/c1-4-2-3-7-5-6/h7H,2-3,6H2,1H3/q-2. The van der Waals surface area contributed by atoms with Crippen molar-refractivity contribution in [1.82, 2.24) is 3.53 Å². The fraction of sp³-hybridized carbons (Fsp3) is 1.00. The number of hydrogen-bond donors (Lipinski definition) is 2. The van der Waals surface area contributed by atoms with E-state index in [-0.39, 0.29) is 21.8 Å². The first kappa shape index (κ1) is 8.38. The van der Waals surface area contributed by atoms with Crippen LogP contribution in [-0.4, -0.2) is 15.9 Å². The zero-order chi connectivity index (χ0) is 5.54. The molecule has 0 spiro atoms. The Morgan fingerprint density at radius 2 is 2.43 bits per heavy atom. The van der Waals surface area contributed by atoms with Gasteiger partial charge < -0.3 is 0 Å². The van der Waals surface area contributed by atoms with Gasteiger partial charge in [0.05, 0.1) is 0 Å². The maximum absolute atomic E-state index is 5.28. The van der Waals surface area contributed by atoms with E-state index in [0.717, 1.165) is 6.54 Å². The fourth-order valence-electron chi connectivity index (χ4n) is 0.185. The predicted molar refractivity (Wildman–Crippen MR) is 23.0 cm³/mol. The molecule has 7 heavy (non-hydrogen) atoms. The van der Waals surface area contributed by atoms with Crippen molar-refractivity contribution >= 4 is 0 Å². The second-order valence-corrected chi connectivity index (χ2v) is 4.94. The van der Waals surface area contributed by atoms with Gasteiger partial charge in [-0.05, 0) is 0 Å². The summed E-state index contributed by atoms with van der Waals surface area (Å²) in [6.45, 7) is 1.16. The summed E-state index contributed by atoms with van der Waals surface area (Å²) in [5.74, 6) is 0. The van der Waals surface area contributed by atoms with E-state index in [9.17, 15) is 0 Å². The summed E-state index contributed by atoms with van der Waals surface area (Å²) >= 11 is 0.357.